The summed E-state index contributed by atoms with van der Waals surface area (Å²) in [6.07, 6.45) is 9.38. The molecule has 0 saturated carbocycles. The first kappa shape index (κ1) is 18.9. The Morgan fingerprint density at radius 3 is 1.74 bits per heavy atom. The van der Waals surface area contributed by atoms with Gasteiger partial charge in [-0.05, 0) is 72.6 Å². The highest BCUT2D eigenvalue weighted by Gasteiger charge is 2.07. The Morgan fingerprint density at radius 2 is 1.26 bits per heavy atom. The monoisotopic (exact) mass is 270 g/mol. The van der Waals surface area contributed by atoms with Gasteiger partial charge in [-0.2, -0.15) is 0 Å². The van der Waals surface area contributed by atoms with Crippen molar-refractivity contribution in [3.05, 3.63) is 0 Å². The summed E-state index contributed by atoms with van der Waals surface area (Å²) in [7, 11) is 0. The molecule has 0 heterocycles. The minimum Gasteiger partial charge on any atom is -0.312 e. The molecule has 116 valence electrons. The van der Waals surface area contributed by atoms with Crippen molar-refractivity contribution in [1.82, 2.24) is 10.2 Å². The van der Waals surface area contributed by atoms with Gasteiger partial charge in [0.15, 0.2) is 0 Å². The van der Waals surface area contributed by atoms with Crippen molar-refractivity contribution in [3.8, 4) is 0 Å². The van der Waals surface area contributed by atoms with Crippen LogP contribution in [-0.4, -0.2) is 36.6 Å². The van der Waals surface area contributed by atoms with E-state index >= 15 is 0 Å². The lowest BCUT2D eigenvalue weighted by Crippen LogP contribution is -2.36. The topological polar surface area (TPSA) is 15.3 Å². The van der Waals surface area contributed by atoms with Gasteiger partial charge >= 0.3 is 0 Å². The smallest absolute Gasteiger partial charge is 0.00965 e. The van der Waals surface area contributed by atoms with Crippen molar-refractivity contribution < 1.29 is 0 Å². The molecule has 0 atom stereocenters. The van der Waals surface area contributed by atoms with Gasteiger partial charge in [0, 0.05) is 5.54 Å². The Balaban J connectivity index is 3.56. The molecule has 0 aromatic carbocycles. The fourth-order valence-electron chi connectivity index (χ4n) is 2.20. The predicted molar refractivity (Wildman–Crippen MR) is 87.9 cm³/mol. The number of unbranched alkanes of at least 4 members (excludes halogenated alkanes) is 4. The summed E-state index contributed by atoms with van der Waals surface area (Å²) >= 11 is 0. The van der Waals surface area contributed by atoms with Gasteiger partial charge in [0.1, 0.15) is 0 Å². The Hall–Kier alpha value is -0.0800. The molecule has 0 radical (unpaired) electrons. The second-order valence-electron chi connectivity index (χ2n) is 6.79. The Labute approximate surface area is 122 Å². The Bertz CT molecular complexity index is 176. The second-order valence-corrected chi connectivity index (χ2v) is 6.79. The van der Waals surface area contributed by atoms with E-state index in [1.54, 1.807) is 0 Å². The maximum Gasteiger partial charge on any atom is 0.00965 e. The molecular weight excluding hydrogens is 232 g/mol. The van der Waals surface area contributed by atoms with Crippen LogP contribution in [0.1, 0.15) is 79.6 Å². The minimum absolute atomic E-state index is 0.272. The maximum atomic E-state index is 3.56. The van der Waals surface area contributed by atoms with Crippen LogP contribution in [0.5, 0.6) is 0 Å². The van der Waals surface area contributed by atoms with Gasteiger partial charge in [-0.3, -0.25) is 0 Å². The Kier molecular flexibility index (Phi) is 11.7. The molecule has 0 bridgehead atoms. The van der Waals surface area contributed by atoms with E-state index in [4.69, 9.17) is 0 Å². The van der Waals surface area contributed by atoms with Crippen LogP contribution in [0.3, 0.4) is 0 Å². The van der Waals surface area contributed by atoms with Crippen LogP contribution in [0.25, 0.3) is 0 Å². The van der Waals surface area contributed by atoms with Crippen LogP contribution in [0, 0.1) is 0 Å². The third-order valence-electron chi connectivity index (χ3n) is 3.46. The fourth-order valence-corrected chi connectivity index (χ4v) is 2.20. The first-order chi connectivity index (χ1) is 8.99. The molecule has 0 spiro atoms. The standard InChI is InChI=1S/C17H38N2/c1-6-8-14-19(15-9-7-2)16-12-10-11-13-18-17(3,4)5/h18H,6-16H2,1-5H3. The lowest BCUT2D eigenvalue weighted by Gasteiger charge is -2.22. The number of nitrogens with one attached hydrogen (secondary N) is 1. The van der Waals surface area contributed by atoms with Crippen LogP contribution in [0.15, 0.2) is 0 Å². The summed E-state index contributed by atoms with van der Waals surface area (Å²) in [5.41, 5.74) is 0.272. The summed E-state index contributed by atoms with van der Waals surface area (Å²) in [6, 6.07) is 0. The van der Waals surface area contributed by atoms with E-state index in [-0.39, 0.29) is 5.54 Å². The van der Waals surface area contributed by atoms with Gasteiger partial charge in [-0.25, -0.2) is 0 Å². The summed E-state index contributed by atoms with van der Waals surface area (Å²) in [5, 5.41) is 3.56. The molecule has 0 aromatic heterocycles. The summed E-state index contributed by atoms with van der Waals surface area (Å²) in [4.78, 5) is 2.67. The molecule has 0 unspecified atom stereocenters. The molecular formula is C17H38N2. The molecule has 0 aliphatic carbocycles. The van der Waals surface area contributed by atoms with Gasteiger partial charge in [0.2, 0.25) is 0 Å². The van der Waals surface area contributed by atoms with Gasteiger partial charge in [-0.1, -0.05) is 33.1 Å². The number of hydrogen-bond donors (Lipinski definition) is 1. The van der Waals surface area contributed by atoms with Crippen LogP contribution in [0.2, 0.25) is 0 Å². The van der Waals surface area contributed by atoms with Crippen molar-refractivity contribution >= 4 is 0 Å². The first-order valence-electron chi connectivity index (χ1n) is 8.47. The van der Waals surface area contributed by atoms with Gasteiger partial charge in [-0.15, -0.1) is 0 Å². The van der Waals surface area contributed by atoms with E-state index in [1.165, 1.54) is 64.6 Å². The third kappa shape index (κ3) is 14.1. The SMILES string of the molecule is CCCCN(CCCC)CCCCCNC(C)(C)C. The highest BCUT2D eigenvalue weighted by Crippen LogP contribution is 2.04. The summed E-state index contributed by atoms with van der Waals surface area (Å²) in [5.74, 6) is 0. The molecule has 0 aliphatic rings. The van der Waals surface area contributed by atoms with E-state index in [2.05, 4.69) is 44.8 Å². The molecule has 0 aromatic rings. The van der Waals surface area contributed by atoms with E-state index in [0.717, 1.165) is 6.54 Å². The third-order valence-corrected chi connectivity index (χ3v) is 3.46. The average molecular weight is 271 g/mol. The normalized spacial score (nSPS) is 12.3. The van der Waals surface area contributed by atoms with Crippen molar-refractivity contribution in [2.24, 2.45) is 0 Å². The quantitative estimate of drug-likeness (QED) is 0.527. The molecule has 0 aliphatic heterocycles. The predicted octanol–water partition coefficient (Wildman–Crippen LogP) is 4.45. The fraction of sp³-hybridized carbons (Fsp3) is 1.00. The lowest BCUT2D eigenvalue weighted by atomic mass is 10.1. The van der Waals surface area contributed by atoms with E-state index in [1.807, 2.05) is 0 Å². The Morgan fingerprint density at radius 1 is 0.737 bits per heavy atom. The van der Waals surface area contributed by atoms with E-state index in [9.17, 15) is 0 Å². The van der Waals surface area contributed by atoms with Gasteiger partial charge in [0.05, 0.1) is 0 Å². The minimum atomic E-state index is 0.272. The van der Waals surface area contributed by atoms with Crippen LogP contribution >= 0.6 is 0 Å². The summed E-state index contributed by atoms with van der Waals surface area (Å²) < 4.78 is 0. The molecule has 2 heteroatoms. The van der Waals surface area contributed by atoms with Crippen molar-refractivity contribution in [2.45, 2.75) is 85.1 Å². The van der Waals surface area contributed by atoms with Crippen LogP contribution in [0.4, 0.5) is 0 Å². The van der Waals surface area contributed by atoms with Crippen LogP contribution < -0.4 is 5.32 Å². The van der Waals surface area contributed by atoms with Gasteiger partial charge in [0.25, 0.3) is 0 Å². The van der Waals surface area contributed by atoms with Gasteiger partial charge < -0.3 is 10.2 Å². The van der Waals surface area contributed by atoms with E-state index < -0.39 is 0 Å². The van der Waals surface area contributed by atoms with Crippen LogP contribution in [-0.2, 0) is 0 Å². The van der Waals surface area contributed by atoms with E-state index in [0.29, 0.717) is 0 Å². The zero-order valence-electron chi connectivity index (χ0n) is 14.2. The van der Waals surface area contributed by atoms with Crippen molar-refractivity contribution in [3.63, 3.8) is 0 Å². The highest BCUT2D eigenvalue weighted by atomic mass is 15.1. The van der Waals surface area contributed by atoms with Crippen molar-refractivity contribution in [2.75, 3.05) is 26.2 Å². The molecule has 2 nitrogen and oxygen atoms in total. The number of hydrogen-bond acceptors (Lipinski definition) is 2. The van der Waals surface area contributed by atoms with Crippen molar-refractivity contribution in [1.29, 1.82) is 0 Å². The molecule has 0 rings (SSSR count). The number of nitrogens with zero attached hydrogens (tertiary/aromatic N) is 1. The average Bonchev–Trinajstić information content (AvgIpc) is 2.34. The first-order valence-corrected chi connectivity index (χ1v) is 8.47. The second kappa shape index (κ2) is 11.7. The highest BCUT2D eigenvalue weighted by molar-refractivity contribution is 4.69. The number of rotatable bonds is 12. The zero-order chi connectivity index (χ0) is 14.6. The lowest BCUT2D eigenvalue weighted by molar-refractivity contribution is 0.258. The molecule has 0 saturated heterocycles. The maximum absolute atomic E-state index is 3.56. The molecule has 1 N–H and O–H groups in total. The summed E-state index contributed by atoms with van der Waals surface area (Å²) in [6.45, 7) is 16.4. The largest absolute Gasteiger partial charge is 0.312 e. The molecule has 0 fully saturated rings. The molecule has 19 heavy (non-hydrogen) atoms. The zero-order valence-corrected chi connectivity index (χ0v) is 14.2. The molecule has 0 amide bonds.